The molecule has 0 aromatic heterocycles. The molecule has 0 atom stereocenters. The topological polar surface area (TPSA) is 49.4 Å². The van der Waals surface area contributed by atoms with Crippen LogP contribution in [0.2, 0.25) is 0 Å². The summed E-state index contributed by atoms with van der Waals surface area (Å²) in [7, 11) is 0. The Morgan fingerprint density at radius 3 is 2.65 bits per heavy atom. The van der Waals surface area contributed by atoms with E-state index >= 15 is 0 Å². The molecule has 1 aromatic carbocycles. The monoisotopic (exact) mass is 378 g/mol. The maximum Gasteiger partial charge on any atom is 0.278 e. The second kappa shape index (κ2) is 10.6. The average Bonchev–Trinajstić information content (AvgIpc) is 2.82. The molecule has 1 aliphatic rings. The number of hydrogen-bond donors (Lipinski definition) is 1. The zero-order valence-corrected chi connectivity index (χ0v) is 16.9. The fourth-order valence-electron chi connectivity index (χ4n) is 3.37. The predicted octanol–water partition coefficient (Wildman–Crippen LogP) is 2.12. The summed E-state index contributed by atoms with van der Waals surface area (Å²) in [6.07, 6.45) is 0.966. The molecule has 2 rings (SSSR count). The number of quaternary nitrogens is 1. The van der Waals surface area contributed by atoms with E-state index in [-0.39, 0.29) is 18.4 Å². The Morgan fingerprint density at radius 1 is 1.23 bits per heavy atom. The van der Waals surface area contributed by atoms with Crippen molar-refractivity contribution in [1.82, 2.24) is 10.2 Å². The Balaban J connectivity index is 1.68. The van der Waals surface area contributed by atoms with Crippen LogP contribution in [-0.2, 0) is 15.3 Å². The second-order valence-electron chi connectivity index (χ2n) is 6.91. The van der Waals surface area contributed by atoms with Crippen LogP contribution in [0.4, 0.5) is 0 Å². The van der Waals surface area contributed by atoms with Gasteiger partial charge in [0.2, 0.25) is 5.91 Å². The van der Waals surface area contributed by atoms with Crippen LogP contribution in [0.3, 0.4) is 0 Å². The molecule has 6 heteroatoms. The van der Waals surface area contributed by atoms with Gasteiger partial charge in [0, 0.05) is 31.0 Å². The third-order valence-corrected chi connectivity index (χ3v) is 6.27. The quantitative estimate of drug-likeness (QED) is 0.529. The minimum Gasteiger partial charge on any atom is -0.354 e. The summed E-state index contributed by atoms with van der Waals surface area (Å²) >= 11 is 1.81. The third kappa shape index (κ3) is 6.32. The molecule has 0 saturated carbocycles. The fourth-order valence-corrected chi connectivity index (χ4v) is 4.19. The molecule has 1 heterocycles. The molecule has 1 fully saturated rings. The predicted molar refractivity (Wildman–Crippen MR) is 108 cm³/mol. The minimum atomic E-state index is -0.0494. The molecule has 0 radical (unpaired) electrons. The van der Waals surface area contributed by atoms with Crippen molar-refractivity contribution in [2.45, 2.75) is 26.0 Å². The van der Waals surface area contributed by atoms with Gasteiger partial charge in [-0.2, -0.15) is 11.8 Å². The second-order valence-corrected chi connectivity index (χ2v) is 8.02. The number of amides is 2. The Morgan fingerprint density at radius 2 is 1.96 bits per heavy atom. The fraction of sp³-hybridized carbons (Fsp3) is 0.600. The number of hydrogen-bond acceptors (Lipinski definition) is 3. The number of benzene rings is 1. The molecular weight excluding hydrogens is 346 g/mol. The van der Waals surface area contributed by atoms with Crippen molar-refractivity contribution in [3.8, 4) is 0 Å². The summed E-state index contributed by atoms with van der Waals surface area (Å²) in [6.45, 7) is 9.30. The van der Waals surface area contributed by atoms with Crippen LogP contribution >= 0.6 is 11.8 Å². The molecule has 0 spiro atoms. The van der Waals surface area contributed by atoms with Gasteiger partial charge in [-0.1, -0.05) is 30.3 Å². The maximum atomic E-state index is 12.5. The lowest BCUT2D eigenvalue weighted by molar-refractivity contribution is -0.916. The molecule has 1 aliphatic heterocycles. The molecule has 26 heavy (non-hydrogen) atoms. The summed E-state index contributed by atoms with van der Waals surface area (Å²) in [5, 5.41) is 2.95. The maximum absolute atomic E-state index is 12.5. The summed E-state index contributed by atoms with van der Waals surface area (Å²) in [5.41, 5.74) is 1.30. The van der Waals surface area contributed by atoms with Gasteiger partial charge in [-0.3, -0.25) is 9.59 Å². The highest BCUT2D eigenvalue weighted by molar-refractivity contribution is 7.98. The van der Waals surface area contributed by atoms with Crippen molar-refractivity contribution in [3.63, 3.8) is 0 Å². The summed E-state index contributed by atoms with van der Waals surface area (Å²) in [5.74, 6) is 1.89. The van der Waals surface area contributed by atoms with Crippen LogP contribution in [0.5, 0.6) is 0 Å². The zero-order valence-electron chi connectivity index (χ0n) is 16.1. The lowest BCUT2D eigenvalue weighted by atomic mass is 10.2. The highest BCUT2D eigenvalue weighted by Gasteiger charge is 2.33. The number of thioether (sulfide) groups is 1. The van der Waals surface area contributed by atoms with E-state index in [0.29, 0.717) is 19.6 Å². The van der Waals surface area contributed by atoms with Gasteiger partial charge in [-0.05, 0) is 19.4 Å². The smallest absolute Gasteiger partial charge is 0.278 e. The molecule has 2 amide bonds. The number of nitrogens with zero attached hydrogens (tertiary/aromatic N) is 2. The SMILES string of the molecule is CC[N+]1(CC)CCCN(CC(=O)NCCSCc2ccccc2)C(=O)C1. The van der Waals surface area contributed by atoms with Crippen LogP contribution in [0, 0.1) is 0 Å². The molecule has 1 N–H and O–H groups in total. The first kappa shape index (κ1) is 20.8. The standard InChI is InChI=1S/C20H31N3O2S/c1-3-23(4-2)13-8-12-22(20(25)16-23)15-19(24)21-11-14-26-17-18-9-6-5-7-10-18/h5-7,9-10H,3-4,8,11-17H2,1-2H3/p+1. The van der Waals surface area contributed by atoms with Crippen molar-refractivity contribution in [3.05, 3.63) is 35.9 Å². The molecule has 5 nitrogen and oxygen atoms in total. The number of nitrogens with one attached hydrogen (secondary N) is 1. The number of likely N-dealkylation sites (N-methyl/N-ethyl adjacent to an activating group) is 1. The minimum absolute atomic E-state index is 0.0494. The molecule has 144 valence electrons. The van der Waals surface area contributed by atoms with Gasteiger partial charge < -0.3 is 14.7 Å². The number of carbonyl (C=O) groups excluding carboxylic acids is 2. The Bertz CT molecular complexity index is 576. The molecular formula is C20H32N3O2S+. The number of rotatable bonds is 9. The third-order valence-electron chi connectivity index (χ3n) is 5.24. The van der Waals surface area contributed by atoms with E-state index in [2.05, 4.69) is 31.3 Å². The van der Waals surface area contributed by atoms with Gasteiger partial charge in [0.15, 0.2) is 6.54 Å². The van der Waals surface area contributed by atoms with Crippen molar-refractivity contribution in [2.75, 3.05) is 51.6 Å². The molecule has 0 unspecified atom stereocenters. The number of carbonyl (C=O) groups is 2. The molecule has 0 aliphatic carbocycles. The van der Waals surface area contributed by atoms with E-state index in [1.54, 1.807) is 16.7 Å². The van der Waals surface area contributed by atoms with Crippen LogP contribution < -0.4 is 5.32 Å². The molecule has 0 bridgehead atoms. The van der Waals surface area contributed by atoms with Gasteiger partial charge in [0.05, 0.1) is 26.2 Å². The van der Waals surface area contributed by atoms with Gasteiger partial charge in [0.25, 0.3) is 5.91 Å². The van der Waals surface area contributed by atoms with E-state index < -0.39 is 0 Å². The largest absolute Gasteiger partial charge is 0.354 e. The normalized spacial score (nSPS) is 17.0. The van der Waals surface area contributed by atoms with Gasteiger partial charge in [0.1, 0.15) is 0 Å². The lowest BCUT2D eigenvalue weighted by Gasteiger charge is -2.34. The summed E-state index contributed by atoms with van der Waals surface area (Å²) < 4.78 is 0.840. The first-order valence-corrected chi connectivity index (χ1v) is 10.8. The van der Waals surface area contributed by atoms with Crippen LogP contribution in [0.25, 0.3) is 0 Å². The lowest BCUT2D eigenvalue weighted by Crippen LogP contribution is -2.52. The van der Waals surface area contributed by atoms with Crippen molar-refractivity contribution >= 4 is 23.6 Å². The highest BCUT2D eigenvalue weighted by Crippen LogP contribution is 2.14. The van der Waals surface area contributed by atoms with E-state index in [4.69, 9.17) is 0 Å². The summed E-state index contributed by atoms with van der Waals surface area (Å²) in [6, 6.07) is 10.3. The van der Waals surface area contributed by atoms with E-state index in [1.807, 2.05) is 18.2 Å². The van der Waals surface area contributed by atoms with Crippen LogP contribution in [-0.4, -0.2) is 72.8 Å². The molecule has 1 saturated heterocycles. The first-order chi connectivity index (χ1) is 12.6. The zero-order chi connectivity index (χ0) is 18.8. The van der Waals surface area contributed by atoms with Crippen molar-refractivity contribution in [2.24, 2.45) is 0 Å². The highest BCUT2D eigenvalue weighted by atomic mass is 32.2. The Hall–Kier alpha value is -1.53. The Kier molecular flexibility index (Phi) is 8.45. The first-order valence-electron chi connectivity index (χ1n) is 9.60. The van der Waals surface area contributed by atoms with Gasteiger partial charge in [-0.25, -0.2) is 0 Å². The van der Waals surface area contributed by atoms with Crippen molar-refractivity contribution in [1.29, 1.82) is 0 Å². The average molecular weight is 379 g/mol. The van der Waals surface area contributed by atoms with E-state index in [0.717, 1.165) is 42.0 Å². The van der Waals surface area contributed by atoms with E-state index in [9.17, 15) is 9.59 Å². The van der Waals surface area contributed by atoms with Gasteiger partial charge in [-0.15, -0.1) is 0 Å². The van der Waals surface area contributed by atoms with Gasteiger partial charge >= 0.3 is 0 Å². The van der Waals surface area contributed by atoms with Crippen LogP contribution in [0.1, 0.15) is 25.8 Å². The van der Waals surface area contributed by atoms with E-state index in [1.165, 1.54) is 5.56 Å². The van der Waals surface area contributed by atoms with Crippen LogP contribution in [0.15, 0.2) is 30.3 Å². The van der Waals surface area contributed by atoms with Crippen molar-refractivity contribution < 1.29 is 14.1 Å². The Labute approximate surface area is 161 Å². The summed E-state index contributed by atoms with van der Waals surface area (Å²) in [4.78, 5) is 26.5. The molecule has 1 aromatic rings.